The predicted molar refractivity (Wildman–Crippen MR) is 114 cm³/mol. The molecule has 28 heavy (non-hydrogen) atoms. The largest absolute Gasteiger partial charge is 0.493 e. The van der Waals surface area contributed by atoms with Crippen LogP contribution in [-0.4, -0.2) is 49.0 Å². The first-order valence-electron chi connectivity index (χ1n) is 10.5. The molecular formula is C24H33NO3. The highest BCUT2D eigenvalue weighted by atomic mass is 16.5. The first kappa shape index (κ1) is 20.7. The van der Waals surface area contributed by atoms with Gasteiger partial charge in [-0.2, -0.15) is 0 Å². The number of hydrogen-bond acceptors (Lipinski definition) is 4. The minimum atomic E-state index is -0.153. The molecule has 1 atom stereocenters. The van der Waals surface area contributed by atoms with Crippen molar-refractivity contribution >= 4 is 0 Å². The van der Waals surface area contributed by atoms with Crippen molar-refractivity contribution in [3.63, 3.8) is 0 Å². The van der Waals surface area contributed by atoms with Gasteiger partial charge in [-0.3, -0.25) is 0 Å². The second-order valence-corrected chi connectivity index (χ2v) is 7.65. The normalized spacial score (nSPS) is 17.1. The SMILES string of the molecule is CCCOc1cccc(-c2cccc(OCCCN3CCC(O)C3)c2C)c1C. The number of likely N-dealkylation sites (tertiary alicyclic amines) is 1. The first-order chi connectivity index (χ1) is 13.6. The highest BCUT2D eigenvalue weighted by Gasteiger charge is 2.19. The lowest BCUT2D eigenvalue weighted by atomic mass is 9.95. The van der Waals surface area contributed by atoms with Crippen molar-refractivity contribution < 1.29 is 14.6 Å². The van der Waals surface area contributed by atoms with Crippen LogP contribution in [-0.2, 0) is 0 Å². The second-order valence-electron chi connectivity index (χ2n) is 7.65. The van der Waals surface area contributed by atoms with Gasteiger partial charge in [-0.15, -0.1) is 0 Å². The van der Waals surface area contributed by atoms with Crippen LogP contribution in [0.5, 0.6) is 11.5 Å². The summed E-state index contributed by atoms with van der Waals surface area (Å²) in [5.74, 6) is 1.90. The van der Waals surface area contributed by atoms with Gasteiger partial charge in [-0.1, -0.05) is 31.2 Å². The summed E-state index contributed by atoms with van der Waals surface area (Å²) in [4.78, 5) is 2.31. The van der Waals surface area contributed by atoms with Crippen LogP contribution in [0.25, 0.3) is 11.1 Å². The van der Waals surface area contributed by atoms with Crippen molar-refractivity contribution in [1.82, 2.24) is 4.90 Å². The monoisotopic (exact) mass is 383 g/mol. The molecule has 0 saturated carbocycles. The summed E-state index contributed by atoms with van der Waals surface area (Å²) in [6, 6.07) is 12.5. The summed E-state index contributed by atoms with van der Waals surface area (Å²) in [7, 11) is 0. The average Bonchev–Trinajstić information content (AvgIpc) is 3.11. The van der Waals surface area contributed by atoms with Crippen LogP contribution in [0.2, 0.25) is 0 Å². The smallest absolute Gasteiger partial charge is 0.122 e. The van der Waals surface area contributed by atoms with Gasteiger partial charge in [0.05, 0.1) is 19.3 Å². The number of rotatable bonds is 9. The highest BCUT2D eigenvalue weighted by Crippen LogP contribution is 2.35. The fourth-order valence-electron chi connectivity index (χ4n) is 3.82. The van der Waals surface area contributed by atoms with Crippen LogP contribution in [0.3, 0.4) is 0 Å². The van der Waals surface area contributed by atoms with Crippen molar-refractivity contribution in [3.05, 3.63) is 47.5 Å². The zero-order valence-corrected chi connectivity index (χ0v) is 17.4. The standard InChI is InChI=1S/C24H33NO3/c1-4-15-27-23-10-5-8-21(18(23)2)22-9-6-11-24(19(22)3)28-16-7-13-25-14-12-20(26)17-25/h5-6,8-11,20,26H,4,7,12-17H2,1-3H3. The van der Waals surface area contributed by atoms with Crippen LogP contribution in [0.15, 0.2) is 36.4 Å². The Labute approximate surface area is 169 Å². The molecule has 0 aliphatic carbocycles. The summed E-state index contributed by atoms with van der Waals surface area (Å²) in [6.07, 6.45) is 2.71. The Bertz CT molecular complexity index is 774. The van der Waals surface area contributed by atoms with Crippen molar-refractivity contribution in [2.45, 2.75) is 46.1 Å². The minimum Gasteiger partial charge on any atom is -0.493 e. The lowest BCUT2D eigenvalue weighted by Crippen LogP contribution is -2.24. The molecule has 1 unspecified atom stereocenters. The number of aliphatic hydroxyl groups excluding tert-OH is 1. The van der Waals surface area contributed by atoms with E-state index >= 15 is 0 Å². The predicted octanol–water partition coefficient (Wildman–Crippen LogP) is 4.59. The van der Waals surface area contributed by atoms with Crippen molar-refractivity contribution in [1.29, 1.82) is 0 Å². The van der Waals surface area contributed by atoms with E-state index in [9.17, 15) is 5.11 Å². The molecule has 3 rings (SSSR count). The lowest BCUT2D eigenvalue weighted by molar-refractivity contribution is 0.173. The maximum atomic E-state index is 9.62. The Morgan fingerprint density at radius 1 is 0.964 bits per heavy atom. The van der Waals surface area contributed by atoms with Gasteiger partial charge in [0.2, 0.25) is 0 Å². The van der Waals surface area contributed by atoms with Crippen LogP contribution in [0, 0.1) is 13.8 Å². The fraction of sp³-hybridized carbons (Fsp3) is 0.500. The van der Waals surface area contributed by atoms with Gasteiger partial charge in [0, 0.05) is 19.6 Å². The van der Waals surface area contributed by atoms with Crippen molar-refractivity contribution in [3.8, 4) is 22.6 Å². The summed E-state index contributed by atoms with van der Waals surface area (Å²) >= 11 is 0. The Balaban J connectivity index is 1.66. The Hall–Kier alpha value is -2.04. The minimum absolute atomic E-state index is 0.153. The topological polar surface area (TPSA) is 41.9 Å². The van der Waals surface area contributed by atoms with Gasteiger partial charge in [-0.05, 0) is 67.5 Å². The molecule has 0 radical (unpaired) electrons. The Morgan fingerprint density at radius 2 is 1.57 bits per heavy atom. The van der Waals surface area contributed by atoms with Crippen LogP contribution >= 0.6 is 0 Å². The summed E-state index contributed by atoms with van der Waals surface area (Å²) in [6.45, 7) is 10.6. The molecule has 2 aromatic carbocycles. The van der Waals surface area contributed by atoms with E-state index in [1.165, 1.54) is 16.7 Å². The number of ether oxygens (including phenoxy) is 2. The molecule has 0 aromatic heterocycles. The van der Waals surface area contributed by atoms with Gasteiger partial charge >= 0.3 is 0 Å². The van der Waals surface area contributed by atoms with Gasteiger partial charge < -0.3 is 19.5 Å². The van der Waals surface area contributed by atoms with E-state index in [1.54, 1.807) is 0 Å². The third-order valence-corrected chi connectivity index (χ3v) is 5.44. The lowest BCUT2D eigenvalue weighted by Gasteiger charge is -2.18. The maximum absolute atomic E-state index is 9.62. The number of β-amino-alcohol motifs (C(OH)–C–C–N with tert-alkyl or cyclic N) is 1. The number of hydrogen-bond donors (Lipinski definition) is 1. The molecule has 0 spiro atoms. The van der Waals surface area contributed by atoms with Gasteiger partial charge in [0.15, 0.2) is 0 Å². The summed E-state index contributed by atoms with van der Waals surface area (Å²) in [5, 5.41) is 9.62. The Kier molecular flexibility index (Phi) is 7.35. The van der Waals surface area contributed by atoms with E-state index in [-0.39, 0.29) is 6.10 Å². The quantitative estimate of drug-likeness (QED) is 0.643. The zero-order chi connectivity index (χ0) is 19.9. The third-order valence-electron chi connectivity index (χ3n) is 5.44. The molecule has 1 fully saturated rings. The van der Waals surface area contributed by atoms with E-state index in [2.05, 4.69) is 49.9 Å². The molecule has 1 saturated heterocycles. The third kappa shape index (κ3) is 5.06. The van der Waals surface area contributed by atoms with E-state index in [0.29, 0.717) is 6.61 Å². The van der Waals surface area contributed by atoms with E-state index in [4.69, 9.17) is 9.47 Å². The average molecular weight is 384 g/mol. The fourth-order valence-corrected chi connectivity index (χ4v) is 3.82. The van der Waals surface area contributed by atoms with Crippen LogP contribution < -0.4 is 9.47 Å². The molecule has 1 heterocycles. The summed E-state index contributed by atoms with van der Waals surface area (Å²) in [5.41, 5.74) is 4.72. The van der Waals surface area contributed by atoms with Crippen LogP contribution in [0.4, 0.5) is 0 Å². The molecule has 2 aromatic rings. The molecular weight excluding hydrogens is 350 g/mol. The summed E-state index contributed by atoms with van der Waals surface area (Å²) < 4.78 is 12.0. The Morgan fingerprint density at radius 3 is 2.11 bits per heavy atom. The molecule has 1 aliphatic rings. The molecule has 1 N–H and O–H groups in total. The molecule has 4 nitrogen and oxygen atoms in total. The number of nitrogens with zero attached hydrogens (tertiary/aromatic N) is 1. The first-order valence-corrected chi connectivity index (χ1v) is 10.5. The molecule has 4 heteroatoms. The van der Waals surface area contributed by atoms with E-state index in [0.717, 1.165) is 62.6 Å². The molecule has 0 bridgehead atoms. The number of benzene rings is 2. The van der Waals surface area contributed by atoms with Gasteiger partial charge in [0.25, 0.3) is 0 Å². The number of aliphatic hydroxyl groups is 1. The molecule has 152 valence electrons. The van der Waals surface area contributed by atoms with E-state index in [1.807, 2.05) is 12.1 Å². The second kappa shape index (κ2) is 9.94. The maximum Gasteiger partial charge on any atom is 0.122 e. The molecule has 0 amide bonds. The van der Waals surface area contributed by atoms with Crippen molar-refractivity contribution in [2.24, 2.45) is 0 Å². The van der Waals surface area contributed by atoms with Crippen molar-refractivity contribution in [2.75, 3.05) is 32.8 Å². The zero-order valence-electron chi connectivity index (χ0n) is 17.4. The van der Waals surface area contributed by atoms with Crippen LogP contribution in [0.1, 0.15) is 37.3 Å². The highest BCUT2D eigenvalue weighted by molar-refractivity contribution is 5.74. The van der Waals surface area contributed by atoms with Gasteiger partial charge in [-0.25, -0.2) is 0 Å². The molecule has 1 aliphatic heterocycles. The van der Waals surface area contributed by atoms with E-state index < -0.39 is 0 Å². The van der Waals surface area contributed by atoms with Gasteiger partial charge in [0.1, 0.15) is 11.5 Å².